The molecule has 0 saturated heterocycles. The number of rotatable bonds is 13. The number of carbonyl (C=O) groups excluding carboxylic acids is 1. The Morgan fingerprint density at radius 2 is 1.43 bits per heavy atom. The number of hydrogen-bond donors (Lipinski definition) is 1. The molecule has 3 nitrogen and oxygen atoms in total. The smallest absolute Gasteiger partial charge is 0.162 e. The molecule has 0 saturated carbocycles. The van der Waals surface area contributed by atoms with Crippen LogP contribution in [0.25, 0.3) is 42.6 Å². The molecule has 0 amide bonds. The van der Waals surface area contributed by atoms with Crippen LogP contribution >= 0.6 is 11.3 Å². The largest absolute Gasteiger partial charge is 0.512 e. The van der Waals surface area contributed by atoms with Crippen molar-refractivity contribution in [2.45, 2.75) is 125 Å². The Bertz CT molecular complexity index is 1970. The minimum absolute atomic E-state index is 0. The summed E-state index contributed by atoms with van der Waals surface area (Å²) in [4.78, 5) is 18.0. The first-order valence-corrected chi connectivity index (χ1v) is 23.2. The van der Waals surface area contributed by atoms with Crippen LogP contribution in [0.1, 0.15) is 106 Å². The zero-order valence-electron chi connectivity index (χ0n) is 34.1. The summed E-state index contributed by atoms with van der Waals surface area (Å²) < 4.78 is 1.25. The summed E-state index contributed by atoms with van der Waals surface area (Å²) in [5, 5.41) is 15.1. The predicted octanol–water partition coefficient (Wildman–Crippen LogP) is 13.8. The number of allylic oxidation sites excluding steroid dienone is 2. The number of fused-ring (bicyclic) bond motifs is 2. The van der Waals surface area contributed by atoms with Gasteiger partial charge in [-0.25, -0.2) is 0 Å². The Morgan fingerprint density at radius 1 is 0.849 bits per heavy atom. The number of thiophene rings is 1. The number of aliphatic hydroxyl groups is 1. The van der Waals surface area contributed by atoms with Crippen LogP contribution in [0.3, 0.4) is 0 Å². The Kier molecular flexibility index (Phi) is 16.5. The van der Waals surface area contributed by atoms with Crippen molar-refractivity contribution in [2.75, 3.05) is 0 Å². The number of hydrogen-bond acceptors (Lipinski definition) is 4. The van der Waals surface area contributed by atoms with E-state index in [1.54, 1.807) is 5.19 Å². The van der Waals surface area contributed by atoms with Crippen LogP contribution in [0.5, 0.6) is 0 Å². The van der Waals surface area contributed by atoms with Gasteiger partial charge in [0.25, 0.3) is 0 Å². The van der Waals surface area contributed by atoms with E-state index in [1.165, 1.54) is 61.2 Å². The van der Waals surface area contributed by atoms with Gasteiger partial charge in [-0.2, -0.15) is 0 Å². The van der Waals surface area contributed by atoms with Crippen molar-refractivity contribution in [3.8, 4) is 21.7 Å². The van der Waals surface area contributed by atoms with Gasteiger partial charge in [-0.3, -0.25) is 9.78 Å². The number of pyridine rings is 1. The second-order valence-electron chi connectivity index (χ2n) is 15.4. The molecule has 0 aliphatic rings. The second-order valence-corrected chi connectivity index (χ2v) is 21.7. The minimum atomic E-state index is -1.37. The molecule has 287 valence electrons. The first kappa shape index (κ1) is 44.5. The fourth-order valence-electron chi connectivity index (χ4n) is 7.71. The van der Waals surface area contributed by atoms with Crippen LogP contribution in [0.15, 0.2) is 78.7 Å². The summed E-state index contributed by atoms with van der Waals surface area (Å²) in [7, 11) is -1.37. The number of aromatic nitrogens is 1. The molecule has 0 fully saturated rings. The molecule has 0 bridgehead atoms. The first-order chi connectivity index (χ1) is 24.8. The number of aliphatic hydroxyl groups excluding tert-OH is 1. The summed E-state index contributed by atoms with van der Waals surface area (Å²) in [5.74, 6) is 0.547. The topological polar surface area (TPSA) is 50.2 Å². The van der Waals surface area contributed by atoms with Gasteiger partial charge in [-0.1, -0.05) is 146 Å². The van der Waals surface area contributed by atoms with E-state index in [1.807, 2.05) is 45.2 Å². The zero-order chi connectivity index (χ0) is 38.2. The molecule has 6 heteroatoms. The van der Waals surface area contributed by atoms with Crippen molar-refractivity contribution < 1.29 is 30.0 Å². The van der Waals surface area contributed by atoms with Crippen LogP contribution < -0.4 is 5.19 Å². The third-order valence-corrected chi connectivity index (χ3v) is 18.5. The summed E-state index contributed by atoms with van der Waals surface area (Å²) in [5.41, 5.74) is 6.16. The van der Waals surface area contributed by atoms with Crippen LogP contribution in [0.4, 0.5) is 0 Å². The van der Waals surface area contributed by atoms with Crippen molar-refractivity contribution in [1.29, 1.82) is 0 Å². The maximum absolute atomic E-state index is 11.7. The molecule has 3 aromatic carbocycles. The molecule has 1 N–H and O–H groups in total. The minimum Gasteiger partial charge on any atom is -0.512 e. The van der Waals surface area contributed by atoms with Gasteiger partial charge in [0.05, 0.1) is 13.8 Å². The maximum atomic E-state index is 11.7. The third kappa shape index (κ3) is 9.86. The Labute approximate surface area is 339 Å². The molecule has 5 aromatic rings. The summed E-state index contributed by atoms with van der Waals surface area (Å²) >= 11 is 1.88. The molecule has 0 spiro atoms. The summed E-state index contributed by atoms with van der Waals surface area (Å²) in [6.45, 7) is 24.3. The maximum Gasteiger partial charge on any atom is 0.162 e. The van der Waals surface area contributed by atoms with Crippen LogP contribution in [0.2, 0.25) is 18.1 Å². The van der Waals surface area contributed by atoms with Crippen LogP contribution in [-0.2, 0) is 30.3 Å². The van der Waals surface area contributed by atoms with Crippen LogP contribution in [-0.4, -0.2) is 23.9 Å². The van der Waals surface area contributed by atoms with Crippen molar-refractivity contribution in [2.24, 2.45) is 11.8 Å². The third-order valence-electron chi connectivity index (χ3n) is 11.6. The normalized spacial score (nSPS) is 12.3. The zero-order valence-corrected chi connectivity index (χ0v) is 38.3. The molecule has 5 rings (SSSR count). The van der Waals surface area contributed by atoms with Gasteiger partial charge in [0, 0.05) is 59.5 Å². The summed E-state index contributed by atoms with van der Waals surface area (Å²) in [6.07, 6.45) is 6.87. The predicted molar refractivity (Wildman–Crippen MR) is 231 cm³/mol. The fraction of sp³-hybridized carbons (Fsp3) is 0.447. The van der Waals surface area contributed by atoms with E-state index >= 15 is 0 Å². The number of carbonyl (C=O) groups is 1. The molecular weight excluding hydrogens is 863 g/mol. The number of benzene rings is 3. The quantitative estimate of drug-likeness (QED) is 0.0554. The average molecular weight is 925 g/mol. The van der Waals surface area contributed by atoms with Crippen molar-refractivity contribution in [1.82, 2.24) is 4.98 Å². The van der Waals surface area contributed by atoms with E-state index in [4.69, 9.17) is 4.98 Å². The summed E-state index contributed by atoms with van der Waals surface area (Å²) in [6, 6.07) is 30.3. The molecule has 2 aromatic heterocycles. The van der Waals surface area contributed by atoms with E-state index in [0.717, 1.165) is 42.3 Å². The average Bonchev–Trinajstić information content (AvgIpc) is 3.49. The fourth-order valence-corrected chi connectivity index (χ4v) is 12.6. The van der Waals surface area contributed by atoms with Gasteiger partial charge in [-0.15, -0.1) is 40.5 Å². The SMILES string of the molecule is CCC(CC)C(=O)/C=C(\O)C(CC)CC.CC[Si](CC)(CC)c1ccc(-c2sc3c(-c4[c-]c5ccccc5c(C(C)(C)C)c4)nccc3c2C)cc1.[Ir]. The van der Waals surface area contributed by atoms with E-state index in [0.29, 0.717) is 0 Å². The standard InChI is InChI=1S/C34H38NSSi.C13H24O2.Ir/c1-8-37(9-2,10-3)27-17-15-24(16-18-27)32-23(4)28-19-20-35-31(33(28)36-32)26-21-25-13-11-12-14-29(25)30(22-26)34(5,6)7;1-5-10(6-2)12(14)9-13(15)11(7-3)8-4;/h11-20,22H,8-10H2,1-7H3;9-11,14H,5-8H2,1-4H3;/q-1;;/b;12-9-;. The van der Waals surface area contributed by atoms with Gasteiger partial charge in [0.2, 0.25) is 0 Å². The van der Waals surface area contributed by atoms with E-state index in [-0.39, 0.29) is 48.9 Å². The van der Waals surface area contributed by atoms with Gasteiger partial charge >= 0.3 is 0 Å². The van der Waals surface area contributed by atoms with Gasteiger partial charge in [0.15, 0.2) is 5.78 Å². The van der Waals surface area contributed by atoms with Crippen molar-refractivity contribution in [3.63, 3.8) is 0 Å². The molecule has 1 radical (unpaired) electrons. The Morgan fingerprint density at radius 3 is 1.98 bits per heavy atom. The Hall–Kier alpha value is -2.89. The molecular formula is C47H62IrNO2SSi-. The molecule has 2 heterocycles. The van der Waals surface area contributed by atoms with Crippen molar-refractivity contribution >= 4 is 51.2 Å². The molecule has 0 aliphatic carbocycles. The molecule has 53 heavy (non-hydrogen) atoms. The van der Waals surface area contributed by atoms with Gasteiger partial charge in [-0.05, 0) is 60.6 Å². The first-order valence-electron chi connectivity index (χ1n) is 19.7. The number of aryl methyl sites for hydroxylation is 1. The monoisotopic (exact) mass is 925 g/mol. The van der Waals surface area contributed by atoms with Crippen LogP contribution in [0, 0.1) is 24.8 Å². The van der Waals surface area contributed by atoms with E-state index in [9.17, 15) is 9.90 Å². The van der Waals surface area contributed by atoms with E-state index in [2.05, 4.69) is 115 Å². The van der Waals surface area contributed by atoms with E-state index < -0.39 is 8.07 Å². The molecule has 0 atom stereocenters. The Balaban J connectivity index is 0.000000403. The number of nitrogens with zero attached hydrogens (tertiary/aromatic N) is 1. The van der Waals surface area contributed by atoms with Gasteiger partial charge in [0.1, 0.15) is 0 Å². The number of ketones is 1. The van der Waals surface area contributed by atoms with Gasteiger partial charge < -0.3 is 5.11 Å². The molecule has 0 aliphatic heterocycles. The molecule has 0 unspecified atom stereocenters. The second kappa shape index (κ2) is 19.6. The van der Waals surface area contributed by atoms with Crippen molar-refractivity contribution in [3.05, 3.63) is 95.9 Å².